The Bertz CT molecular complexity index is 343. The molecule has 0 rings (SSSR count). The number of nitrogens with one attached hydrogen (secondary N) is 3. The maximum Gasteiger partial charge on any atom is 0.321 e. The number of carboxylic acids is 1. The molecular formula is C10H21Cl3N4O6. The molecular weight excluding hydrogens is 378 g/mol. The van der Waals surface area contributed by atoms with E-state index in [2.05, 4.69) is 16.0 Å². The molecule has 0 saturated carbocycles. The van der Waals surface area contributed by atoms with Crippen LogP contribution in [0.15, 0.2) is 0 Å². The SMILES string of the molecule is NC(C(=O)O)C(COCC(Cl)(Cl)Cl)C(NCO)(NCO)NCO. The Balaban J connectivity index is 5.40. The van der Waals surface area contributed by atoms with Crippen LogP contribution in [-0.4, -0.2) is 75.4 Å². The number of hydrogen-bond donors (Lipinski definition) is 8. The molecule has 2 unspecified atom stereocenters. The summed E-state index contributed by atoms with van der Waals surface area (Å²) >= 11 is 16.6. The van der Waals surface area contributed by atoms with E-state index in [1.165, 1.54) is 0 Å². The molecule has 0 aromatic carbocycles. The summed E-state index contributed by atoms with van der Waals surface area (Å²) in [7, 11) is 0. The van der Waals surface area contributed by atoms with Gasteiger partial charge in [-0.05, 0) is 0 Å². The first kappa shape index (κ1) is 23.0. The topological polar surface area (TPSA) is 169 Å². The number of carbonyl (C=O) groups is 1. The summed E-state index contributed by atoms with van der Waals surface area (Å²) in [5, 5.41) is 44.0. The van der Waals surface area contributed by atoms with Crippen molar-refractivity contribution in [2.24, 2.45) is 11.7 Å². The van der Waals surface area contributed by atoms with Crippen molar-refractivity contribution in [3.63, 3.8) is 0 Å². The molecule has 0 amide bonds. The molecule has 0 aliphatic heterocycles. The largest absolute Gasteiger partial charge is 0.480 e. The highest BCUT2D eigenvalue weighted by molar-refractivity contribution is 6.67. The zero-order valence-electron chi connectivity index (χ0n) is 12.0. The van der Waals surface area contributed by atoms with Crippen LogP contribution in [0.25, 0.3) is 0 Å². The average molecular weight is 400 g/mol. The van der Waals surface area contributed by atoms with E-state index in [9.17, 15) is 4.79 Å². The van der Waals surface area contributed by atoms with Gasteiger partial charge in [0.15, 0.2) is 0 Å². The molecule has 10 nitrogen and oxygen atoms in total. The van der Waals surface area contributed by atoms with Gasteiger partial charge in [0.05, 0.1) is 39.3 Å². The standard InChI is InChI=1S/C10H21Cl3N4O6/c11-9(12,13)2-23-1-6(7(14)8(21)22)10(15-3-18,16-4-19)17-5-20/h6-7,15-20H,1-5,14H2,(H,21,22). The van der Waals surface area contributed by atoms with Gasteiger partial charge in [-0.3, -0.25) is 20.7 Å². The lowest BCUT2D eigenvalue weighted by molar-refractivity contribution is -0.143. The van der Waals surface area contributed by atoms with Crippen LogP contribution in [0.1, 0.15) is 0 Å². The van der Waals surface area contributed by atoms with Crippen molar-refractivity contribution in [3.8, 4) is 0 Å². The number of aliphatic carboxylic acids is 1. The Labute approximate surface area is 147 Å². The minimum absolute atomic E-state index is 0.339. The highest BCUT2D eigenvalue weighted by Gasteiger charge is 2.44. The van der Waals surface area contributed by atoms with Crippen LogP contribution >= 0.6 is 34.8 Å². The smallest absolute Gasteiger partial charge is 0.321 e. The fourth-order valence-corrected chi connectivity index (χ4v) is 2.16. The fourth-order valence-electron chi connectivity index (χ4n) is 1.93. The Morgan fingerprint density at radius 3 is 1.83 bits per heavy atom. The molecule has 2 atom stereocenters. The monoisotopic (exact) mass is 398 g/mol. The second kappa shape index (κ2) is 10.8. The molecule has 0 aromatic rings. The van der Waals surface area contributed by atoms with Gasteiger partial charge < -0.3 is 30.9 Å². The molecule has 0 aliphatic rings. The third-order valence-corrected chi connectivity index (χ3v) is 3.24. The van der Waals surface area contributed by atoms with Crippen molar-refractivity contribution < 1.29 is 30.0 Å². The van der Waals surface area contributed by atoms with Crippen LogP contribution in [-0.2, 0) is 9.53 Å². The molecule has 9 N–H and O–H groups in total. The van der Waals surface area contributed by atoms with Crippen molar-refractivity contribution in [1.82, 2.24) is 16.0 Å². The molecule has 0 fully saturated rings. The lowest BCUT2D eigenvalue weighted by Crippen LogP contribution is -2.75. The number of hydrogen-bond acceptors (Lipinski definition) is 9. The molecule has 0 bridgehead atoms. The lowest BCUT2D eigenvalue weighted by atomic mass is 9.92. The van der Waals surface area contributed by atoms with Gasteiger partial charge in [-0.15, -0.1) is 0 Å². The van der Waals surface area contributed by atoms with E-state index in [0.717, 1.165) is 0 Å². The summed E-state index contributed by atoms with van der Waals surface area (Å²) in [5.74, 6) is -4.17. The van der Waals surface area contributed by atoms with E-state index in [-0.39, 0.29) is 13.2 Å². The first-order chi connectivity index (χ1) is 10.6. The quantitative estimate of drug-likeness (QED) is 0.132. The van der Waals surface area contributed by atoms with E-state index < -0.39 is 47.7 Å². The van der Waals surface area contributed by atoms with Gasteiger partial charge in [0.1, 0.15) is 11.8 Å². The average Bonchev–Trinajstić information content (AvgIpc) is 2.42. The Morgan fingerprint density at radius 1 is 1.09 bits per heavy atom. The minimum atomic E-state index is -1.72. The highest BCUT2D eigenvalue weighted by Crippen LogP contribution is 2.27. The van der Waals surface area contributed by atoms with Gasteiger partial charge in [0.2, 0.25) is 3.79 Å². The van der Waals surface area contributed by atoms with E-state index in [1.807, 2.05) is 0 Å². The zero-order valence-corrected chi connectivity index (χ0v) is 14.3. The molecule has 23 heavy (non-hydrogen) atoms. The first-order valence-electron chi connectivity index (χ1n) is 6.34. The zero-order chi connectivity index (χ0) is 18.1. The third kappa shape index (κ3) is 8.09. The van der Waals surface area contributed by atoms with Gasteiger partial charge >= 0.3 is 5.97 Å². The van der Waals surface area contributed by atoms with Crippen molar-refractivity contribution in [3.05, 3.63) is 0 Å². The minimum Gasteiger partial charge on any atom is -0.480 e. The molecule has 0 aromatic heterocycles. The van der Waals surface area contributed by atoms with Gasteiger partial charge in [0, 0.05) is 0 Å². The Hall–Kier alpha value is 0.0200. The second-order valence-corrected chi connectivity index (χ2v) is 6.93. The Morgan fingerprint density at radius 2 is 1.52 bits per heavy atom. The predicted molar refractivity (Wildman–Crippen MR) is 83.6 cm³/mol. The molecule has 0 radical (unpaired) electrons. The van der Waals surface area contributed by atoms with E-state index in [0.29, 0.717) is 0 Å². The van der Waals surface area contributed by atoms with Crippen LogP contribution in [0.3, 0.4) is 0 Å². The van der Waals surface area contributed by atoms with Crippen molar-refractivity contribution in [2.75, 3.05) is 33.4 Å². The van der Waals surface area contributed by atoms with Gasteiger partial charge in [-0.1, -0.05) is 34.8 Å². The number of alkyl halides is 3. The predicted octanol–water partition coefficient (Wildman–Crippen LogP) is -2.33. The van der Waals surface area contributed by atoms with Crippen LogP contribution in [0.4, 0.5) is 0 Å². The third-order valence-electron chi connectivity index (χ3n) is 2.91. The number of nitrogens with two attached hydrogens (primary N) is 1. The molecule has 13 heteroatoms. The van der Waals surface area contributed by atoms with Crippen molar-refractivity contribution in [1.29, 1.82) is 0 Å². The number of halogens is 3. The van der Waals surface area contributed by atoms with E-state index >= 15 is 0 Å². The lowest BCUT2D eigenvalue weighted by Gasteiger charge is -2.43. The summed E-state index contributed by atoms with van der Waals surface area (Å²) in [4.78, 5) is 11.2. The van der Waals surface area contributed by atoms with Gasteiger partial charge in [-0.25, -0.2) is 0 Å². The molecule has 0 saturated heterocycles. The maximum absolute atomic E-state index is 11.2. The molecule has 0 heterocycles. The van der Waals surface area contributed by atoms with E-state index in [4.69, 9.17) is 65.7 Å². The van der Waals surface area contributed by atoms with Crippen LogP contribution in [0.2, 0.25) is 0 Å². The number of ether oxygens (including phenoxy) is 1. The van der Waals surface area contributed by atoms with Crippen LogP contribution in [0.5, 0.6) is 0 Å². The first-order valence-corrected chi connectivity index (χ1v) is 7.47. The summed E-state index contributed by atoms with van der Waals surface area (Å²) in [5.41, 5.74) is 5.64. The normalized spacial score (nSPS) is 15.4. The number of aliphatic hydroxyl groups excluding tert-OH is 3. The van der Waals surface area contributed by atoms with Crippen LogP contribution < -0.4 is 21.7 Å². The summed E-state index contributed by atoms with van der Waals surface area (Å²) in [6.45, 7) is -2.59. The second-order valence-electron chi connectivity index (χ2n) is 4.41. The molecule has 0 aliphatic carbocycles. The molecule has 0 spiro atoms. The summed E-state index contributed by atoms with van der Waals surface area (Å²) in [6.07, 6.45) is 0. The molecule has 138 valence electrons. The fraction of sp³-hybridized carbons (Fsp3) is 0.900. The Kier molecular flexibility index (Phi) is 10.8. The van der Waals surface area contributed by atoms with Crippen molar-refractivity contribution >= 4 is 40.8 Å². The van der Waals surface area contributed by atoms with E-state index in [1.54, 1.807) is 0 Å². The van der Waals surface area contributed by atoms with Gasteiger partial charge in [0.25, 0.3) is 0 Å². The van der Waals surface area contributed by atoms with Gasteiger partial charge in [-0.2, -0.15) is 0 Å². The maximum atomic E-state index is 11.2. The summed E-state index contributed by atoms with van der Waals surface area (Å²) in [6, 6.07) is -1.51. The number of rotatable bonds is 12. The van der Waals surface area contributed by atoms with Crippen LogP contribution in [0, 0.1) is 5.92 Å². The summed E-state index contributed by atoms with van der Waals surface area (Å²) < 4.78 is 3.45. The number of aliphatic hydroxyl groups is 3. The highest BCUT2D eigenvalue weighted by atomic mass is 35.6. The number of carboxylic acid groups (broad SMARTS) is 1. The van der Waals surface area contributed by atoms with Crippen molar-refractivity contribution in [2.45, 2.75) is 15.6 Å².